The summed E-state index contributed by atoms with van der Waals surface area (Å²) in [4.78, 5) is 16.1. The van der Waals surface area contributed by atoms with Crippen molar-refractivity contribution in [1.82, 2.24) is 10.3 Å². The molecule has 0 spiro atoms. The minimum absolute atomic E-state index is 0.0117. The normalized spacial score (nSPS) is 10.5. The fraction of sp³-hybridized carbons (Fsp3) is 0.412. The van der Waals surface area contributed by atoms with E-state index >= 15 is 0 Å². The van der Waals surface area contributed by atoms with E-state index in [1.807, 2.05) is 45.0 Å². The van der Waals surface area contributed by atoms with E-state index in [0.717, 1.165) is 22.8 Å². The minimum Gasteiger partial charge on any atom is -0.494 e. The number of nitrogens with one attached hydrogen (secondary N) is 1. The predicted octanol–water partition coefficient (Wildman–Crippen LogP) is 2.94. The molecule has 0 aliphatic heterocycles. The molecule has 0 aliphatic carbocycles. The van der Waals surface area contributed by atoms with Gasteiger partial charge in [-0.1, -0.05) is 12.1 Å². The van der Waals surface area contributed by atoms with E-state index in [4.69, 9.17) is 9.15 Å². The van der Waals surface area contributed by atoms with Gasteiger partial charge in [0.15, 0.2) is 0 Å². The highest BCUT2D eigenvalue weighted by Gasteiger charge is 2.08. The largest absolute Gasteiger partial charge is 0.494 e. The monoisotopic (exact) mass is 302 g/mol. The van der Waals surface area contributed by atoms with Crippen molar-refractivity contribution in [3.63, 3.8) is 0 Å². The summed E-state index contributed by atoms with van der Waals surface area (Å²) < 4.78 is 10.8. The molecule has 0 atom stereocenters. The highest BCUT2D eigenvalue weighted by Crippen LogP contribution is 2.13. The van der Waals surface area contributed by atoms with Gasteiger partial charge in [0, 0.05) is 6.42 Å². The third-order valence-electron chi connectivity index (χ3n) is 3.38. The number of amides is 1. The highest BCUT2D eigenvalue weighted by atomic mass is 16.5. The maximum atomic E-state index is 11.8. The molecule has 1 aromatic carbocycles. The van der Waals surface area contributed by atoms with Crippen LogP contribution in [0.15, 0.2) is 28.7 Å². The van der Waals surface area contributed by atoms with Crippen molar-refractivity contribution < 1.29 is 13.9 Å². The number of carbonyl (C=O) groups excluding carboxylic acids is 1. The summed E-state index contributed by atoms with van der Waals surface area (Å²) >= 11 is 0. The van der Waals surface area contributed by atoms with Crippen LogP contribution in [0, 0.1) is 13.8 Å². The van der Waals surface area contributed by atoms with Crippen LogP contribution in [0.4, 0.5) is 0 Å². The van der Waals surface area contributed by atoms with Crippen LogP contribution in [-0.2, 0) is 17.8 Å². The molecule has 118 valence electrons. The first-order valence-electron chi connectivity index (χ1n) is 7.50. The van der Waals surface area contributed by atoms with Crippen molar-refractivity contribution in [3.05, 3.63) is 47.2 Å². The molecule has 2 aromatic rings. The molecule has 0 bridgehead atoms. The van der Waals surface area contributed by atoms with E-state index in [1.54, 1.807) is 0 Å². The molecule has 0 unspecified atom stereocenters. The number of carbonyl (C=O) groups is 1. The van der Waals surface area contributed by atoms with Crippen LogP contribution in [0.5, 0.6) is 5.75 Å². The molecule has 2 rings (SSSR count). The summed E-state index contributed by atoms with van der Waals surface area (Å²) in [7, 11) is 0. The third-order valence-corrected chi connectivity index (χ3v) is 3.38. The first kappa shape index (κ1) is 16.1. The standard InChI is InChI=1S/C17H22N2O3/c1-4-21-15-8-5-14(6-9-15)7-10-16(20)18-11-17-19-12(2)13(3)22-17/h5-6,8-9H,4,7,10-11H2,1-3H3,(H,18,20). The lowest BCUT2D eigenvalue weighted by atomic mass is 10.1. The van der Waals surface area contributed by atoms with Gasteiger partial charge >= 0.3 is 0 Å². The number of oxazole rings is 1. The Bertz CT molecular complexity index is 598. The number of hydrogen-bond acceptors (Lipinski definition) is 4. The molecule has 0 radical (unpaired) electrons. The van der Waals surface area contributed by atoms with E-state index in [1.165, 1.54) is 0 Å². The summed E-state index contributed by atoms with van der Waals surface area (Å²) in [5.41, 5.74) is 1.97. The number of aromatic nitrogens is 1. The van der Waals surface area contributed by atoms with Crippen LogP contribution in [0.1, 0.15) is 36.3 Å². The lowest BCUT2D eigenvalue weighted by Crippen LogP contribution is -2.23. The van der Waals surface area contributed by atoms with Gasteiger partial charge in [0.1, 0.15) is 11.5 Å². The molecule has 5 heteroatoms. The number of ether oxygens (including phenoxy) is 1. The molecule has 5 nitrogen and oxygen atoms in total. The van der Waals surface area contributed by atoms with Gasteiger partial charge in [0.05, 0.1) is 18.8 Å². The summed E-state index contributed by atoms with van der Waals surface area (Å²) in [6, 6.07) is 7.82. The van der Waals surface area contributed by atoms with Crippen LogP contribution in [0.2, 0.25) is 0 Å². The first-order valence-corrected chi connectivity index (χ1v) is 7.50. The Morgan fingerprint density at radius 3 is 2.59 bits per heavy atom. The van der Waals surface area contributed by atoms with Crippen molar-refractivity contribution in [1.29, 1.82) is 0 Å². The molecule has 1 amide bonds. The summed E-state index contributed by atoms with van der Waals surface area (Å²) in [6.07, 6.45) is 1.13. The van der Waals surface area contributed by atoms with Crippen molar-refractivity contribution >= 4 is 5.91 Å². The van der Waals surface area contributed by atoms with Crippen LogP contribution < -0.4 is 10.1 Å². The van der Waals surface area contributed by atoms with E-state index in [0.29, 0.717) is 31.9 Å². The zero-order valence-electron chi connectivity index (χ0n) is 13.3. The lowest BCUT2D eigenvalue weighted by Gasteiger charge is -2.05. The number of aryl methyl sites for hydroxylation is 3. The Morgan fingerprint density at radius 1 is 1.27 bits per heavy atom. The maximum Gasteiger partial charge on any atom is 0.220 e. The topological polar surface area (TPSA) is 64.4 Å². The molecule has 22 heavy (non-hydrogen) atoms. The van der Waals surface area contributed by atoms with Gasteiger partial charge in [-0.05, 0) is 44.9 Å². The van der Waals surface area contributed by atoms with Crippen LogP contribution in [-0.4, -0.2) is 17.5 Å². The molecule has 1 N–H and O–H groups in total. The quantitative estimate of drug-likeness (QED) is 0.854. The zero-order valence-corrected chi connectivity index (χ0v) is 13.3. The van der Waals surface area contributed by atoms with Gasteiger partial charge in [-0.3, -0.25) is 4.79 Å². The van der Waals surface area contributed by atoms with Gasteiger partial charge in [-0.25, -0.2) is 4.98 Å². The SMILES string of the molecule is CCOc1ccc(CCC(=O)NCc2nc(C)c(C)o2)cc1. The van der Waals surface area contributed by atoms with Crippen molar-refractivity contribution in [2.45, 2.75) is 40.2 Å². The van der Waals surface area contributed by atoms with E-state index in [2.05, 4.69) is 10.3 Å². The number of rotatable bonds is 7. The summed E-state index contributed by atoms with van der Waals surface area (Å²) in [5, 5.41) is 2.82. The van der Waals surface area contributed by atoms with Gasteiger partial charge in [-0.15, -0.1) is 0 Å². The molecule has 0 aliphatic rings. The first-order chi connectivity index (χ1) is 10.6. The molecular formula is C17H22N2O3. The van der Waals surface area contributed by atoms with E-state index in [9.17, 15) is 4.79 Å². The Labute approximate surface area is 130 Å². The van der Waals surface area contributed by atoms with Crippen molar-refractivity contribution in [2.24, 2.45) is 0 Å². The maximum absolute atomic E-state index is 11.8. The Kier molecular flexibility index (Phi) is 5.58. The molecule has 0 fully saturated rings. The van der Waals surface area contributed by atoms with Gasteiger partial charge < -0.3 is 14.5 Å². The van der Waals surface area contributed by atoms with Crippen LogP contribution >= 0.6 is 0 Å². The highest BCUT2D eigenvalue weighted by molar-refractivity contribution is 5.76. The Hall–Kier alpha value is -2.30. The van der Waals surface area contributed by atoms with Crippen LogP contribution in [0.3, 0.4) is 0 Å². The zero-order chi connectivity index (χ0) is 15.9. The number of benzene rings is 1. The van der Waals surface area contributed by atoms with Crippen molar-refractivity contribution in [3.8, 4) is 5.75 Å². The Balaban J connectivity index is 1.75. The van der Waals surface area contributed by atoms with Gasteiger partial charge in [-0.2, -0.15) is 0 Å². The Morgan fingerprint density at radius 2 is 2.00 bits per heavy atom. The molecule has 1 heterocycles. The molecular weight excluding hydrogens is 280 g/mol. The molecule has 0 saturated carbocycles. The van der Waals surface area contributed by atoms with E-state index in [-0.39, 0.29) is 5.91 Å². The third kappa shape index (κ3) is 4.62. The second-order valence-electron chi connectivity index (χ2n) is 5.10. The van der Waals surface area contributed by atoms with Gasteiger partial charge in [0.2, 0.25) is 11.8 Å². The fourth-order valence-corrected chi connectivity index (χ4v) is 2.05. The van der Waals surface area contributed by atoms with E-state index < -0.39 is 0 Å². The number of nitrogens with zero attached hydrogens (tertiary/aromatic N) is 1. The number of hydrogen-bond donors (Lipinski definition) is 1. The molecule has 0 saturated heterocycles. The second kappa shape index (κ2) is 7.64. The fourth-order valence-electron chi connectivity index (χ4n) is 2.05. The predicted molar refractivity (Wildman–Crippen MR) is 83.8 cm³/mol. The second-order valence-corrected chi connectivity index (χ2v) is 5.10. The average Bonchev–Trinajstić information content (AvgIpc) is 2.83. The van der Waals surface area contributed by atoms with Crippen LogP contribution in [0.25, 0.3) is 0 Å². The minimum atomic E-state index is -0.0117. The van der Waals surface area contributed by atoms with Crippen molar-refractivity contribution in [2.75, 3.05) is 6.61 Å². The lowest BCUT2D eigenvalue weighted by molar-refractivity contribution is -0.121. The smallest absolute Gasteiger partial charge is 0.220 e. The average molecular weight is 302 g/mol. The summed E-state index contributed by atoms with van der Waals surface area (Å²) in [5.74, 6) is 2.18. The van der Waals surface area contributed by atoms with Gasteiger partial charge in [0.25, 0.3) is 0 Å². The summed E-state index contributed by atoms with van der Waals surface area (Å²) in [6.45, 7) is 6.68. The molecule has 1 aromatic heterocycles.